The molecule has 0 atom stereocenters. The van der Waals surface area contributed by atoms with Crippen LogP contribution >= 0.6 is 11.6 Å². The number of halogens is 1. The number of benzene rings is 2. The molecule has 0 spiro atoms. The fraction of sp³-hybridized carbons (Fsp3) is 0.0556. The van der Waals surface area contributed by atoms with E-state index in [1.54, 1.807) is 55.6 Å². The zero-order valence-corrected chi connectivity index (χ0v) is 13.0. The monoisotopic (exact) mass is 325 g/mol. The molecular formula is C18H12ClNO3. The Hall–Kier alpha value is -2.72. The van der Waals surface area contributed by atoms with Gasteiger partial charge >= 0.3 is 0 Å². The normalized spacial score (nSPS) is 15.1. The second-order valence-electron chi connectivity index (χ2n) is 4.90. The number of hydrogen-bond acceptors (Lipinski definition) is 3. The number of Topliss-reactive ketones (excluding diaryl/α,β-unsaturated/α-hetero) is 1. The molecule has 0 N–H and O–H groups in total. The molecule has 0 unspecified atom stereocenters. The Bertz CT molecular complexity index is 851. The van der Waals surface area contributed by atoms with Crippen molar-refractivity contribution in [3.05, 3.63) is 76.3 Å². The first kappa shape index (κ1) is 15.2. The van der Waals surface area contributed by atoms with Crippen LogP contribution in [0.5, 0.6) is 5.75 Å². The van der Waals surface area contributed by atoms with Crippen LogP contribution in [0.4, 0.5) is 0 Å². The van der Waals surface area contributed by atoms with Gasteiger partial charge in [-0.25, -0.2) is 4.99 Å². The van der Waals surface area contributed by atoms with E-state index in [0.717, 1.165) is 0 Å². The summed E-state index contributed by atoms with van der Waals surface area (Å²) in [6.45, 7) is 0. The van der Waals surface area contributed by atoms with Gasteiger partial charge in [0.15, 0.2) is 0 Å². The third-order valence-corrected chi connectivity index (χ3v) is 3.77. The van der Waals surface area contributed by atoms with Crippen LogP contribution in [0.1, 0.15) is 26.3 Å². The minimum Gasteiger partial charge on any atom is -0.497 e. The maximum Gasteiger partial charge on any atom is 0.277 e. The van der Waals surface area contributed by atoms with Crippen molar-refractivity contribution in [2.24, 2.45) is 4.99 Å². The van der Waals surface area contributed by atoms with Gasteiger partial charge in [-0.05, 0) is 30.3 Å². The van der Waals surface area contributed by atoms with Gasteiger partial charge in [-0.2, -0.15) is 0 Å². The van der Waals surface area contributed by atoms with Gasteiger partial charge < -0.3 is 4.74 Å². The first-order valence-corrected chi connectivity index (χ1v) is 7.26. The summed E-state index contributed by atoms with van der Waals surface area (Å²) >= 11 is 5.96. The number of ketones is 1. The van der Waals surface area contributed by atoms with Gasteiger partial charge in [0.25, 0.3) is 5.91 Å². The maximum absolute atomic E-state index is 12.3. The number of ether oxygens (including phenoxy) is 1. The Kier molecular flexibility index (Phi) is 4.08. The summed E-state index contributed by atoms with van der Waals surface area (Å²) in [7, 11) is 1.56. The molecule has 0 radical (unpaired) electrons. The Morgan fingerprint density at radius 1 is 1.04 bits per heavy atom. The van der Waals surface area contributed by atoms with Crippen molar-refractivity contribution >= 4 is 29.0 Å². The van der Waals surface area contributed by atoms with Crippen molar-refractivity contribution in [1.29, 1.82) is 0 Å². The third-order valence-electron chi connectivity index (χ3n) is 3.49. The lowest BCUT2D eigenvalue weighted by molar-refractivity contribution is 0.0999. The highest BCUT2D eigenvalue weighted by Gasteiger charge is 2.23. The number of carbonyl (C=O) groups excluding carboxylic acids is 2. The number of allylic oxidation sites excluding steroid dienone is 2. The largest absolute Gasteiger partial charge is 0.497 e. The molecule has 1 aliphatic carbocycles. The van der Waals surface area contributed by atoms with E-state index >= 15 is 0 Å². The number of nitrogens with zero attached hydrogens (tertiary/aromatic N) is 1. The summed E-state index contributed by atoms with van der Waals surface area (Å²) in [6.07, 6.45) is 1.42. The number of methoxy groups -OCH3 is 1. The molecule has 4 nitrogen and oxygen atoms in total. The van der Waals surface area contributed by atoms with E-state index in [1.807, 2.05) is 0 Å². The predicted octanol–water partition coefficient (Wildman–Crippen LogP) is 3.64. The van der Waals surface area contributed by atoms with Crippen molar-refractivity contribution < 1.29 is 14.3 Å². The molecule has 2 aromatic rings. The van der Waals surface area contributed by atoms with Gasteiger partial charge in [-0.1, -0.05) is 35.9 Å². The number of rotatable bonds is 2. The Morgan fingerprint density at radius 3 is 2.35 bits per heavy atom. The SMILES string of the molecule is COc1ccc(C(=O)N=C2C=C(Cl)C(=O)c3ccccc32)cc1. The van der Waals surface area contributed by atoms with Crippen LogP contribution in [0.3, 0.4) is 0 Å². The van der Waals surface area contributed by atoms with Crippen molar-refractivity contribution in [1.82, 2.24) is 0 Å². The molecule has 2 aromatic carbocycles. The highest BCUT2D eigenvalue weighted by Crippen LogP contribution is 2.24. The molecule has 5 heteroatoms. The molecule has 114 valence electrons. The van der Waals surface area contributed by atoms with E-state index in [9.17, 15) is 9.59 Å². The van der Waals surface area contributed by atoms with Gasteiger partial charge in [-0.15, -0.1) is 0 Å². The van der Waals surface area contributed by atoms with Gasteiger partial charge in [0.1, 0.15) is 5.75 Å². The summed E-state index contributed by atoms with van der Waals surface area (Å²) in [5.74, 6) is -0.0172. The molecule has 0 bridgehead atoms. The Labute approximate surface area is 138 Å². The van der Waals surface area contributed by atoms with Crippen molar-refractivity contribution in [2.45, 2.75) is 0 Å². The van der Waals surface area contributed by atoms with Crippen LogP contribution in [-0.2, 0) is 0 Å². The smallest absolute Gasteiger partial charge is 0.277 e. The van der Waals surface area contributed by atoms with E-state index in [1.165, 1.54) is 6.08 Å². The molecule has 0 saturated heterocycles. The first-order valence-electron chi connectivity index (χ1n) is 6.88. The molecule has 23 heavy (non-hydrogen) atoms. The molecule has 0 heterocycles. The van der Waals surface area contributed by atoms with Crippen LogP contribution < -0.4 is 4.74 Å². The fourth-order valence-corrected chi connectivity index (χ4v) is 2.50. The molecule has 3 rings (SSSR count). The van der Waals surface area contributed by atoms with Crippen molar-refractivity contribution in [3.8, 4) is 5.75 Å². The van der Waals surface area contributed by atoms with Gasteiger partial charge in [0.2, 0.25) is 5.78 Å². The maximum atomic E-state index is 12.3. The zero-order valence-electron chi connectivity index (χ0n) is 12.2. The van der Waals surface area contributed by atoms with E-state index in [2.05, 4.69) is 4.99 Å². The Morgan fingerprint density at radius 2 is 1.70 bits per heavy atom. The summed E-state index contributed by atoms with van der Waals surface area (Å²) in [5.41, 5.74) is 1.85. The molecule has 0 aromatic heterocycles. The van der Waals surface area contributed by atoms with Crippen LogP contribution in [0.2, 0.25) is 0 Å². The quantitative estimate of drug-likeness (QED) is 0.847. The second-order valence-corrected chi connectivity index (χ2v) is 5.30. The summed E-state index contributed by atoms with van der Waals surface area (Å²) in [6, 6.07) is 13.6. The molecule has 1 amide bonds. The lowest BCUT2D eigenvalue weighted by atomic mass is 9.94. The molecule has 0 fully saturated rings. The van der Waals surface area contributed by atoms with Gasteiger partial charge in [0, 0.05) is 16.7 Å². The van der Waals surface area contributed by atoms with Gasteiger partial charge in [-0.3, -0.25) is 9.59 Å². The highest BCUT2D eigenvalue weighted by atomic mass is 35.5. The topological polar surface area (TPSA) is 55.7 Å². The summed E-state index contributed by atoms with van der Waals surface area (Å²) in [5, 5.41) is 0.0463. The zero-order chi connectivity index (χ0) is 16.4. The molecule has 0 saturated carbocycles. The minimum absolute atomic E-state index is 0.0463. The van der Waals surface area contributed by atoms with Crippen LogP contribution in [-0.4, -0.2) is 24.5 Å². The third kappa shape index (κ3) is 2.94. The summed E-state index contributed by atoms with van der Waals surface area (Å²) < 4.78 is 5.06. The average Bonchev–Trinajstić information content (AvgIpc) is 2.59. The van der Waals surface area contributed by atoms with Crippen LogP contribution in [0, 0.1) is 0 Å². The van der Waals surface area contributed by atoms with Crippen molar-refractivity contribution in [2.75, 3.05) is 7.11 Å². The summed E-state index contributed by atoms with van der Waals surface area (Å²) in [4.78, 5) is 28.5. The Balaban J connectivity index is 2.00. The van der Waals surface area contributed by atoms with Crippen LogP contribution in [0.15, 0.2) is 64.6 Å². The minimum atomic E-state index is -0.410. The van der Waals surface area contributed by atoms with Crippen LogP contribution in [0.25, 0.3) is 0 Å². The standard InChI is InChI=1S/C18H12ClNO3/c1-23-12-8-6-11(7-9-12)18(22)20-16-10-15(19)17(21)14-5-3-2-4-13(14)16/h2-10H,1H3. The predicted molar refractivity (Wildman–Crippen MR) is 88.6 cm³/mol. The first-order chi connectivity index (χ1) is 11.1. The van der Waals surface area contributed by atoms with Crippen molar-refractivity contribution in [3.63, 3.8) is 0 Å². The number of aliphatic imine (C=N–C) groups is 1. The number of fused-ring (bicyclic) bond motifs is 1. The molecular weight excluding hydrogens is 314 g/mol. The van der Waals surface area contributed by atoms with E-state index in [-0.39, 0.29) is 10.8 Å². The van der Waals surface area contributed by atoms with E-state index < -0.39 is 5.91 Å². The second kappa shape index (κ2) is 6.18. The fourth-order valence-electron chi connectivity index (χ4n) is 2.30. The number of carbonyl (C=O) groups is 2. The van der Waals surface area contributed by atoms with E-state index in [4.69, 9.17) is 16.3 Å². The van der Waals surface area contributed by atoms with Gasteiger partial charge in [0.05, 0.1) is 17.9 Å². The molecule has 1 aliphatic rings. The lowest BCUT2D eigenvalue weighted by Gasteiger charge is -2.13. The average molecular weight is 326 g/mol. The number of hydrogen-bond donors (Lipinski definition) is 0. The highest BCUT2D eigenvalue weighted by molar-refractivity contribution is 6.49. The number of amides is 1. The lowest BCUT2D eigenvalue weighted by Crippen LogP contribution is -2.16. The van der Waals surface area contributed by atoms with E-state index in [0.29, 0.717) is 28.2 Å². The molecule has 0 aliphatic heterocycles.